The summed E-state index contributed by atoms with van der Waals surface area (Å²) in [6.07, 6.45) is 6.48. The molecule has 0 unspecified atom stereocenters. The van der Waals surface area contributed by atoms with Crippen molar-refractivity contribution in [3.8, 4) is 0 Å². The summed E-state index contributed by atoms with van der Waals surface area (Å²) < 4.78 is 5.69. The Labute approximate surface area is 91.8 Å². The maximum Gasteiger partial charge on any atom is 0.125 e. The Balaban J connectivity index is 2.43. The quantitative estimate of drug-likeness (QED) is 0.585. The molecule has 0 saturated carbocycles. The molecular formula is C14H18O. The molecule has 0 saturated heterocycles. The Morgan fingerprint density at radius 3 is 2.87 bits per heavy atom. The van der Waals surface area contributed by atoms with Crippen LogP contribution in [0.15, 0.2) is 48.0 Å². The standard InChI is InChI=1S/C14H18O/c1-5-14-10(3)13-8-9(2)6-7-12(13)11(4)15-14/h5,8,12-13H,1,4,6-7H2,2-3H3/t12-,13-/m0/s1. The number of allylic oxidation sites excluding steroid dienone is 5. The minimum Gasteiger partial charge on any atom is -0.462 e. The highest BCUT2D eigenvalue weighted by Crippen LogP contribution is 2.43. The lowest BCUT2D eigenvalue weighted by Crippen LogP contribution is -2.26. The summed E-state index contributed by atoms with van der Waals surface area (Å²) in [5, 5.41) is 0. The van der Waals surface area contributed by atoms with Gasteiger partial charge in [0.25, 0.3) is 0 Å². The van der Waals surface area contributed by atoms with E-state index in [9.17, 15) is 0 Å². The lowest BCUT2D eigenvalue weighted by atomic mass is 9.75. The van der Waals surface area contributed by atoms with Gasteiger partial charge < -0.3 is 4.74 Å². The first-order valence-electron chi connectivity index (χ1n) is 5.50. The van der Waals surface area contributed by atoms with Gasteiger partial charge in [-0.3, -0.25) is 0 Å². The van der Waals surface area contributed by atoms with Gasteiger partial charge in [-0.1, -0.05) is 24.8 Å². The van der Waals surface area contributed by atoms with Crippen LogP contribution in [-0.2, 0) is 4.74 Å². The smallest absolute Gasteiger partial charge is 0.125 e. The Bertz CT molecular complexity index is 371. The Hall–Kier alpha value is -1.24. The van der Waals surface area contributed by atoms with Gasteiger partial charge in [0.15, 0.2) is 0 Å². The van der Waals surface area contributed by atoms with Crippen LogP contribution in [0.4, 0.5) is 0 Å². The van der Waals surface area contributed by atoms with E-state index in [0.717, 1.165) is 17.9 Å². The van der Waals surface area contributed by atoms with Crippen LogP contribution in [0.3, 0.4) is 0 Å². The van der Waals surface area contributed by atoms with Gasteiger partial charge in [-0.2, -0.15) is 0 Å². The van der Waals surface area contributed by atoms with Gasteiger partial charge >= 0.3 is 0 Å². The van der Waals surface area contributed by atoms with Crippen molar-refractivity contribution in [1.82, 2.24) is 0 Å². The zero-order valence-electron chi connectivity index (χ0n) is 9.55. The van der Waals surface area contributed by atoms with Gasteiger partial charge in [-0.15, -0.1) is 0 Å². The van der Waals surface area contributed by atoms with E-state index in [-0.39, 0.29) is 0 Å². The van der Waals surface area contributed by atoms with E-state index in [1.165, 1.54) is 17.6 Å². The van der Waals surface area contributed by atoms with Gasteiger partial charge in [0.2, 0.25) is 0 Å². The molecule has 2 aliphatic rings. The molecular weight excluding hydrogens is 184 g/mol. The molecule has 0 aromatic carbocycles. The van der Waals surface area contributed by atoms with Gasteiger partial charge in [0.05, 0.1) is 0 Å². The fraction of sp³-hybridized carbons (Fsp3) is 0.429. The molecule has 1 aliphatic heterocycles. The van der Waals surface area contributed by atoms with Crippen LogP contribution in [0.25, 0.3) is 0 Å². The van der Waals surface area contributed by atoms with Crippen LogP contribution in [0.2, 0.25) is 0 Å². The molecule has 1 heterocycles. The van der Waals surface area contributed by atoms with E-state index >= 15 is 0 Å². The average molecular weight is 202 g/mol. The van der Waals surface area contributed by atoms with E-state index < -0.39 is 0 Å². The molecule has 2 rings (SSSR count). The van der Waals surface area contributed by atoms with Gasteiger partial charge in [0, 0.05) is 11.8 Å². The van der Waals surface area contributed by atoms with E-state index in [1.54, 1.807) is 6.08 Å². The number of hydrogen-bond acceptors (Lipinski definition) is 1. The molecule has 15 heavy (non-hydrogen) atoms. The van der Waals surface area contributed by atoms with Crippen molar-refractivity contribution in [2.24, 2.45) is 11.8 Å². The third kappa shape index (κ3) is 1.67. The first-order chi connectivity index (χ1) is 7.13. The summed E-state index contributed by atoms with van der Waals surface area (Å²) >= 11 is 0. The maximum atomic E-state index is 5.69. The second-order valence-corrected chi connectivity index (χ2v) is 4.50. The van der Waals surface area contributed by atoms with Crippen molar-refractivity contribution in [1.29, 1.82) is 0 Å². The Kier molecular flexibility index (Phi) is 2.56. The predicted molar refractivity (Wildman–Crippen MR) is 63.1 cm³/mol. The highest BCUT2D eigenvalue weighted by molar-refractivity contribution is 5.32. The third-order valence-electron chi connectivity index (χ3n) is 3.48. The van der Waals surface area contributed by atoms with Crippen LogP contribution in [0, 0.1) is 11.8 Å². The van der Waals surface area contributed by atoms with Crippen LogP contribution in [0.1, 0.15) is 26.7 Å². The summed E-state index contributed by atoms with van der Waals surface area (Å²) in [4.78, 5) is 0. The SMILES string of the molecule is C=CC1=C(C)[C@@H]2C=C(C)CC[C@H]2C(=C)O1. The second kappa shape index (κ2) is 3.73. The van der Waals surface area contributed by atoms with Crippen molar-refractivity contribution in [3.05, 3.63) is 48.0 Å². The van der Waals surface area contributed by atoms with E-state index in [2.05, 4.69) is 33.1 Å². The topological polar surface area (TPSA) is 9.23 Å². The van der Waals surface area contributed by atoms with E-state index in [4.69, 9.17) is 4.74 Å². The zero-order valence-corrected chi connectivity index (χ0v) is 9.55. The average Bonchev–Trinajstić information content (AvgIpc) is 2.23. The molecule has 1 nitrogen and oxygen atoms in total. The fourth-order valence-electron chi connectivity index (χ4n) is 2.52. The zero-order chi connectivity index (χ0) is 11.0. The van der Waals surface area contributed by atoms with Crippen molar-refractivity contribution in [3.63, 3.8) is 0 Å². The molecule has 0 bridgehead atoms. The van der Waals surface area contributed by atoms with E-state index in [1.807, 2.05) is 0 Å². The highest BCUT2D eigenvalue weighted by Gasteiger charge is 2.33. The first kappa shape index (κ1) is 10.3. The molecule has 0 amide bonds. The normalized spacial score (nSPS) is 30.5. The molecule has 2 atom stereocenters. The van der Waals surface area contributed by atoms with E-state index in [0.29, 0.717) is 11.8 Å². The minimum atomic E-state index is 0.470. The van der Waals surface area contributed by atoms with Crippen molar-refractivity contribution in [2.45, 2.75) is 26.7 Å². The Morgan fingerprint density at radius 2 is 2.20 bits per heavy atom. The molecule has 1 heteroatoms. The maximum absolute atomic E-state index is 5.69. The van der Waals surface area contributed by atoms with Crippen LogP contribution < -0.4 is 0 Å². The minimum absolute atomic E-state index is 0.470. The summed E-state index contributed by atoms with van der Waals surface area (Å²) in [7, 11) is 0. The second-order valence-electron chi connectivity index (χ2n) is 4.50. The number of ether oxygens (including phenoxy) is 1. The molecule has 0 fully saturated rings. The largest absolute Gasteiger partial charge is 0.462 e. The number of fused-ring (bicyclic) bond motifs is 1. The predicted octanol–water partition coefficient (Wildman–Crippen LogP) is 3.96. The lowest BCUT2D eigenvalue weighted by Gasteiger charge is -2.36. The number of hydrogen-bond donors (Lipinski definition) is 0. The molecule has 0 aromatic heterocycles. The molecule has 0 radical (unpaired) electrons. The van der Waals surface area contributed by atoms with Gasteiger partial charge in [-0.25, -0.2) is 0 Å². The first-order valence-corrected chi connectivity index (χ1v) is 5.50. The highest BCUT2D eigenvalue weighted by atomic mass is 16.5. The summed E-state index contributed by atoms with van der Waals surface area (Å²) in [5.74, 6) is 2.75. The molecule has 0 spiro atoms. The molecule has 0 aromatic rings. The van der Waals surface area contributed by atoms with Crippen LogP contribution in [-0.4, -0.2) is 0 Å². The summed E-state index contributed by atoms with van der Waals surface area (Å²) in [5.41, 5.74) is 2.77. The van der Waals surface area contributed by atoms with Gasteiger partial charge in [0.1, 0.15) is 11.5 Å². The summed E-state index contributed by atoms with van der Waals surface area (Å²) in [6.45, 7) is 12.1. The van der Waals surface area contributed by atoms with Crippen molar-refractivity contribution in [2.75, 3.05) is 0 Å². The Morgan fingerprint density at radius 1 is 1.47 bits per heavy atom. The molecule has 1 aliphatic carbocycles. The van der Waals surface area contributed by atoms with Crippen molar-refractivity contribution >= 4 is 0 Å². The third-order valence-corrected chi connectivity index (χ3v) is 3.48. The van der Waals surface area contributed by atoms with Crippen molar-refractivity contribution < 1.29 is 4.74 Å². The lowest BCUT2D eigenvalue weighted by molar-refractivity contribution is 0.203. The molecule has 80 valence electrons. The molecule has 0 N–H and O–H groups in total. The number of rotatable bonds is 1. The van der Waals surface area contributed by atoms with Crippen LogP contribution >= 0.6 is 0 Å². The van der Waals surface area contributed by atoms with Gasteiger partial charge in [-0.05, 0) is 38.3 Å². The fourth-order valence-corrected chi connectivity index (χ4v) is 2.52. The van der Waals surface area contributed by atoms with Crippen LogP contribution in [0.5, 0.6) is 0 Å². The summed E-state index contributed by atoms with van der Waals surface area (Å²) in [6, 6.07) is 0. The monoisotopic (exact) mass is 202 g/mol.